The summed E-state index contributed by atoms with van der Waals surface area (Å²) in [5, 5.41) is 8.91. The maximum Gasteiger partial charge on any atom is 0.288 e. The summed E-state index contributed by atoms with van der Waals surface area (Å²) in [6.07, 6.45) is 1.32. The van der Waals surface area contributed by atoms with Crippen LogP contribution < -0.4 is 5.32 Å². The fraction of sp³-hybridized carbons (Fsp3) is 0.667. The van der Waals surface area contributed by atoms with E-state index >= 15 is 0 Å². The molecule has 0 radical (unpaired) electrons. The zero-order valence-corrected chi connectivity index (χ0v) is 8.98. The molecule has 16 heavy (non-hydrogen) atoms. The molecular weight excluding hydrogens is 210 g/mol. The van der Waals surface area contributed by atoms with E-state index < -0.39 is 0 Å². The van der Waals surface area contributed by atoms with Crippen molar-refractivity contribution in [3.63, 3.8) is 0 Å². The van der Waals surface area contributed by atoms with Crippen LogP contribution in [-0.2, 0) is 4.74 Å². The standard InChI is InChI=1S/C9H15N5O2/c15-9(8-11-7-12-13-8)10-1-2-14-3-5-16-6-4-14/h7H,1-6H2,(H,10,15)(H,11,12,13). The molecule has 1 aliphatic heterocycles. The van der Waals surface area contributed by atoms with Gasteiger partial charge in [0.05, 0.1) is 13.2 Å². The number of morpholine rings is 1. The summed E-state index contributed by atoms with van der Waals surface area (Å²) < 4.78 is 5.23. The molecule has 2 N–H and O–H groups in total. The van der Waals surface area contributed by atoms with Gasteiger partial charge in [-0.2, -0.15) is 5.10 Å². The molecule has 0 unspecified atom stereocenters. The Balaban J connectivity index is 1.66. The SMILES string of the molecule is O=C(NCCN1CCOCC1)c1ncn[nH]1. The highest BCUT2D eigenvalue weighted by atomic mass is 16.5. The van der Waals surface area contributed by atoms with Crippen LogP contribution in [0.15, 0.2) is 6.33 Å². The molecule has 7 nitrogen and oxygen atoms in total. The lowest BCUT2D eigenvalue weighted by Gasteiger charge is -2.26. The van der Waals surface area contributed by atoms with Gasteiger partial charge in [-0.25, -0.2) is 4.98 Å². The van der Waals surface area contributed by atoms with Crippen molar-refractivity contribution >= 4 is 5.91 Å². The molecule has 2 heterocycles. The van der Waals surface area contributed by atoms with E-state index in [1.807, 2.05) is 0 Å². The van der Waals surface area contributed by atoms with Crippen molar-refractivity contribution in [2.45, 2.75) is 0 Å². The first-order valence-corrected chi connectivity index (χ1v) is 5.30. The Morgan fingerprint density at radius 2 is 2.38 bits per heavy atom. The summed E-state index contributed by atoms with van der Waals surface area (Å²) in [6.45, 7) is 4.85. The quantitative estimate of drug-likeness (QED) is 0.677. The van der Waals surface area contributed by atoms with Crippen molar-refractivity contribution in [3.05, 3.63) is 12.2 Å². The molecule has 7 heteroatoms. The van der Waals surface area contributed by atoms with Crippen LogP contribution in [0.2, 0.25) is 0 Å². The van der Waals surface area contributed by atoms with Crippen LogP contribution in [-0.4, -0.2) is 65.4 Å². The van der Waals surface area contributed by atoms with Crippen LogP contribution in [0.1, 0.15) is 10.6 Å². The van der Waals surface area contributed by atoms with Crippen LogP contribution in [0.25, 0.3) is 0 Å². The first-order chi connectivity index (χ1) is 7.86. The molecule has 1 aliphatic rings. The van der Waals surface area contributed by atoms with E-state index in [1.54, 1.807) is 0 Å². The number of nitrogens with zero attached hydrogens (tertiary/aromatic N) is 3. The van der Waals surface area contributed by atoms with Crippen LogP contribution in [0.4, 0.5) is 0 Å². The summed E-state index contributed by atoms with van der Waals surface area (Å²) in [6, 6.07) is 0. The lowest BCUT2D eigenvalue weighted by molar-refractivity contribution is 0.0383. The lowest BCUT2D eigenvalue weighted by atomic mass is 10.4. The number of aromatic amines is 1. The van der Waals surface area contributed by atoms with E-state index in [4.69, 9.17) is 4.74 Å². The zero-order chi connectivity index (χ0) is 11.2. The van der Waals surface area contributed by atoms with E-state index in [0.29, 0.717) is 6.54 Å². The summed E-state index contributed by atoms with van der Waals surface area (Å²) in [4.78, 5) is 17.5. The Morgan fingerprint density at radius 3 is 3.06 bits per heavy atom. The van der Waals surface area contributed by atoms with Gasteiger partial charge in [-0.1, -0.05) is 0 Å². The Bertz CT molecular complexity index is 321. The molecule has 88 valence electrons. The van der Waals surface area contributed by atoms with Gasteiger partial charge in [0, 0.05) is 26.2 Å². The summed E-state index contributed by atoms with van der Waals surface area (Å²) in [7, 11) is 0. The second-order valence-electron chi connectivity index (χ2n) is 3.54. The highest BCUT2D eigenvalue weighted by Gasteiger charge is 2.11. The second kappa shape index (κ2) is 5.57. The first-order valence-electron chi connectivity index (χ1n) is 5.30. The number of amides is 1. The van der Waals surface area contributed by atoms with Crippen molar-refractivity contribution in [2.75, 3.05) is 39.4 Å². The third kappa shape index (κ3) is 3.01. The molecule has 0 atom stereocenters. The van der Waals surface area contributed by atoms with Gasteiger partial charge in [-0.3, -0.25) is 14.8 Å². The average molecular weight is 225 g/mol. The molecule has 0 aliphatic carbocycles. The molecule has 0 spiro atoms. The fourth-order valence-electron chi connectivity index (χ4n) is 1.55. The first kappa shape index (κ1) is 11.0. The van der Waals surface area contributed by atoms with Crippen LogP contribution in [0, 0.1) is 0 Å². The van der Waals surface area contributed by atoms with Crippen molar-refractivity contribution in [1.82, 2.24) is 25.4 Å². The molecule has 1 amide bonds. The normalized spacial score (nSPS) is 17.2. The van der Waals surface area contributed by atoms with E-state index in [0.717, 1.165) is 32.8 Å². The van der Waals surface area contributed by atoms with E-state index in [-0.39, 0.29) is 11.7 Å². The van der Waals surface area contributed by atoms with Crippen molar-refractivity contribution in [1.29, 1.82) is 0 Å². The zero-order valence-electron chi connectivity index (χ0n) is 8.98. The monoisotopic (exact) mass is 225 g/mol. The molecular formula is C9H15N5O2. The Labute approximate surface area is 93.2 Å². The third-order valence-corrected chi connectivity index (χ3v) is 2.45. The van der Waals surface area contributed by atoms with Crippen molar-refractivity contribution in [3.8, 4) is 0 Å². The van der Waals surface area contributed by atoms with Gasteiger partial charge in [0.15, 0.2) is 0 Å². The van der Waals surface area contributed by atoms with Crippen LogP contribution in [0.3, 0.4) is 0 Å². The van der Waals surface area contributed by atoms with Gasteiger partial charge in [0.2, 0.25) is 5.82 Å². The molecule has 1 aromatic rings. The lowest BCUT2D eigenvalue weighted by Crippen LogP contribution is -2.41. The molecule has 1 aromatic heterocycles. The molecule has 0 bridgehead atoms. The van der Waals surface area contributed by atoms with E-state index in [1.165, 1.54) is 6.33 Å². The van der Waals surface area contributed by atoms with Crippen LogP contribution >= 0.6 is 0 Å². The number of aromatic nitrogens is 3. The number of rotatable bonds is 4. The van der Waals surface area contributed by atoms with Crippen molar-refractivity contribution < 1.29 is 9.53 Å². The third-order valence-electron chi connectivity index (χ3n) is 2.45. The van der Waals surface area contributed by atoms with Gasteiger partial charge >= 0.3 is 0 Å². The number of carbonyl (C=O) groups is 1. The van der Waals surface area contributed by atoms with E-state index in [2.05, 4.69) is 25.4 Å². The fourth-order valence-corrected chi connectivity index (χ4v) is 1.55. The maximum absolute atomic E-state index is 11.5. The van der Waals surface area contributed by atoms with Gasteiger partial charge < -0.3 is 10.1 Å². The topological polar surface area (TPSA) is 83.1 Å². The predicted molar refractivity (Wildman–Crippen MR) is 56.0 cm³/mol. The molecule has 0 saturated carbocycles. The Kier molecular flexibility index (Phi) is 3.84. The Hall–Kier alpha value is -1.47. The summed E-state index contributed by atoms with van der Waals surface area (Å²) >= 11 is 0. The number of nitrogens with one attached hydrogen (secondary N) is 2. The van der Waals surface area contributed by atoms with E-state index in [9.17, 15) is 4.79 Å². The molecule has 2 rings (SSSR count). The second-order valence-corrected chi connectivity index (χ2v) is 3.54. The van der Waals surface area contributed by atoms with Crippen molar-refractivity contribution in [2.24, 2.45) is 0 Å². The average Bonchev–Trinajstić information content (AvgIpc) is 2.84. The maximum atomic E-state index is 11.5. The van der Waals surface area contributed by atoms with Gasteiger partial charge in [-0.05, 0) is 0 Å². The Morgan fingerprint density at radius 1 is 1.56 bits per heavy atom. The minimum atomic E-state index is -0.217. The number of ether oxygens (including phenoxy) is 1. The number of hydrogen-bond acceptors (Lipinski definition) is 5. The molecule has 0 aromatic carbocycles. The number of hydrogen-bond donors (Lipinski definition) is 2. The highest BCUT2D eigenvalue weighted by molar-refractivity contribution is 5.90. The van der Waals surface area contributed by atoms with Gasteiger partial charge in [-0.15, -0.1) is 0 Å². The molecule has 1 fully saturated rings. The van der Waals surface area contributed by atoms with Gasteiger partial charge in [0.1, 0.15) is 6.33 Å². The predicted octanol–water partition coefficient (Wildman–Crippen LogP) is -1.13. The van der Waals surface area contributed by atoms with Crippen LogP contribution in [0.5, 0.6) is 0 Å². The summed E-state index contributed by atoms with van der Waals surface area (Å²) in [5.41, 5.74) is 0. The molecule has 1 saturated heterocycles. The minimum Gasteiger partial charge on any atom is -0.379 e. The van der Waals surface area contributed by atoms with Gasteiger partial charge in [0.25, 0.3) is 5.91 Å². The minimum absolute atomic E-state index is 0.217. The smallest absolute Gasteiger partial charge is 0.288 e. The number of H-pyrrole nitrogens is 1. The number of carbonyl (C=O) groups excluding carboxylic acids is 1. The largest absolute Gasteiger partial charge is 0.379 e. The summed E-state index contributed by atoms with van der Waals surface area (Å²) in [5.74, 6) is 0.0349. The highest BCUT2D eigenvalue weighted by Crippen LogP contribution is 1.95.